The van der Waals surface area contributed by atoms with E-state index < -0.39 is 40.8 Å². The third-order valence-corrected chi connectivity index (χ3v) is 7.58. The van der Waals surface area contributed by atoms with Gasteiger partial charge in [-0.25, -0.2) is 4.79 Å². The molecule has 1 aliphatic rings. The Labute approximate surface area is 224 Å². The van der Waals surface area contributed by atoms with Gasteiger partial charge >= 0.3 is 12.1 Å². The number of benzene rings is 3. The summed E-state index contributed by atoms with van der Waals surface area (Å²) >= 11 is 0.990. The number of pyridine rings is 1. The molecule has 0 fully saturated rings. The fourth-order valence-corrected chi connectivity index (χ4v) is 5.95. The van der Waals surface area contributed by atoms with Crippen LogP contribution in [-0.4, -0.2) is 30.1 Å². The van der Waals surface area contributed by atoms with Gasteiger partial charge in [0.25, 0.3) is 11.5 Å². The van der Waals surface area contributed by atoms with Crippen LogP contribution in [0, 0.1) is 0 Å². The van der Waals surface area contributed by atoms with E-state index in [0.717, 1.165) is 52.1 Å². The van der Waals surface area contributed by atoms with Crippen molar-refractivity contribution in [2.24, 2.45) is 5.73 Å². The molecule has 0 radical (unpaired) electrons. The Kier molecular flexibility index (Phi) is 6.96. The van der Waals surface area contributed by atoms with Crippen LogP contribution in [0.5, 0.6) is 0 Å². The third kappa shape index (κ3) is 4.79. The molecule has 4 aromatic rings. The normalized spacial score (nSPS) is 15.1. The molecule has 1 amide bonds. The summed E-state index contributed by atoms with van der Waals surface area (Å²) in [6, 6.07) is 16.5. The number of amides is 1. The van der Waals surface area contributed by atoms with Gasteiger partial charge in [-0.05, 0) is 58.0 Å². The molecule has 0 spiro atoms. The van der Waals surface area contributed by atoms with E-state index in [1.54, 1.807) is 0 Å². The number of aromatic nitrogens is 1. The Bertz CT molecular complexity index is 1680. The molecule has 11 heteroatoms. The second-order valence-electron chi connectivity index (χ2n) is 8.96. The number of methoxy groups -OCH3 is 1. The first kappa shape index (κ1) is 26.5. The van der Waals surface area contributed by atoms with Crippen molar-refractivity contribution in [1.29, 1.82) is 0 Å². The van der Waals surface area contributed by atoms with Gasteiger partial charge in [0.05, 0.1) is 12.7 Å². The molecule has 0 bridgehead atoms. The number of hydrogen-bond donors (Lipinski definition) is 2. The molecule has 1 aliphatic heterocycles. The van der Waals surface area contributed by atoms with Gasteiger partial charge in [-0.2, -0.15) is 13.2 Å². The maximum atomic E-state index is 13.8. The Balaban J connectivity index is 1.88. The van der Waals surface area contributed by atoms with Crippen LogP contribution in [0.2, 0.25) is 0 Å². The summed E-state index contributed by atoms with van der Waals surface area (Å²) in [5.74, 6) is -1.80. The van der Waals surface area contributed by atoms with Crippen LogP contribution in [0.4, 0.5) is 13.2 Å². The second kappa shape index (κ2) is 10.2. The monoisotopic (exact) mass is 553 g/mol. The number of nitrogens with zero attached hydrogens (tertiary/aromatic N) is 1. The van der Waals surface area contributed by atoms with Crippen LogP contribution in [0.15, 0.2) is 76.6 Å². The molecule has 1 aromatic heterocycles. The van der Waals surface area contributed by atoms with E-state index in [0.29, 0.717) is 0 Å². The van der Waals surface area contributed by atoms with E-state index in [1.165, 1.54) is 12.1 Å². The van der Waals surface area contributed by atoms with Gasteiger partial charge in [0, 0.05) is 12.1 Å². The topological polar surface area (TPSA) is 103 Å². The lowest BCUT2D eigenvalue weighted by Gasteiger charge is -2.30. The van der Waals surface area contributed by atoms with Gasteiger partial charge in [-0.15, -0.1) is 0 Å². The first-order valence-corrected chi connectivity index (χ1v) is 12.7. The van der Waals surface area contributed by atoms with Crippen molar-refractivity contribution in [3.05, 3.63) is 99.3 Å². The minimum Gasteiger partial charge on any atom is -0.467 e. The fraction of sp³-hybridized carbons (Fsp3) is 0.179. The molecule has 1 unspecified atom stereocenters. The SMILES string of the molecule is COC(=O)C1CNSc2c(-c3cccc(C(F)(F)F)c3)c(Cc3cccc4ccccc34)c(C(N)=O)c(=O)n21. The predicted octanol–water partition coefficient (Wildman–Crippen LogP) is 4.70. The quantitative estimate of drug-likeness (QED) is 0.274. The average molecular weight is 554 g/mol. The van der Waals surface area contributed by atoms with E-state index >= 15 is 0 Å². The molecule has 3 N–H and O–H groups in total. The highest BCUT2D eigenvalue weighted by atomic mass is 32.2. The minimum absolute atomic E-state index is 0.00680. The van der Waals surface area contributed by atoms with Crippen LogP contribution >= 0.6 is 11.9 Å². The number of esters is 1. The zero-order valence-electron chi connectivity index (χ0n) is 20.5. The zero-order valence-corrected chi connectivity index (χ0v) is 21.4. The number of ether oxygens (including phenoxy) is 1. The maximum absolute atomic E-state index is 13.8. The standard InChI is InChI=1S/C28H22F3N3O4S/c1-38-27(37)21-14-33-39-26-22(17-9-5-10-18(12-17)28(29,30)31)20(23(24(32)35)25(36)34(21)26)13-16-8-4-7-15-6-2-3-11-19(15)16/h2-12,21,33H,13-14H2,1H3,(H2,32,35). The van der Waals surface area contributed by atoms with Gasteiger partial charge in [-0.1, -0.05) is 54.6 Å². The van der Waals surface area contributed by atoms with Crippen molar-refractivity contribution in [2.75, 3.05) is 13.7 Å². The van der Waals surface area contributed by atoms with E-state index in [2.05, 4.69) is 4.72 Å². The van der Waals surface area contributed by atoms with Crippen molar-refractivity contribution in [3.8, 4) is 11.1 Å². The van der Waals surface area contributed by atoms with Crippen molar-refractivity contribution in [3.63, 3.8) is 0 Å². The van der Waals surface area contributed by atoms with Crippen molar-refractivity contribution >= 4 is 34.6 Å². The van der Waals surface area contributed by atoms with Crippen molar-refractivity contribution in [1.82, 2.24) is 9.29 Å². The highest BCUT2D eigenvalue weighted by Crippen LogP contribution is 2.41. The molecule has 200 valence electrons. The van der Waals surface area contributed by atoms with E-state index in [4.69, 9.17) is 10.5 Å². The number of carbonyl (C=O) groups excluding carboxylic acids is 2. The number of fused-ring (bicyclic) bond motifs is 2. The fourth-order valence-electron chi connectivity index (χ4n) is 4.92. The summed E-state index contributed by atoms with van der Waals surface area (Å²) in [4.78, 5) is 39.3. The van der Waals surface area contributed by atoms with Gasteiger partial charge in [0.2, 0.25) is 0 Å². The second-order valence-corrected chi connectivity index (χ2v) is 9.84. The first-order chi connectivity index (χ1) is 18.6. The molecule has 2 heterocycles. The lowest BCUT2D eigenvalue weighted by atomic mass is 9.89. The smallest absolute Gasteiger partial charge is 0.416 e. The van der Waals surface area contributed by atoms with Crippen LogP contribution in [0.1, 0.15) is 33.1 Å². The van der Waals surface area contributed by atoms with Crippen molar-refractivity contribution in [2.45, 2.75) is 23.7 Å². The highest BCUT2D eigenvalue weighted by molar-refractivity contribution is 7.97. The molecule has 0 saturated heterocycles. The van der Waals surface area contributed by atoms with Crippen molar-refractivity contribution < 1.29 is 27.5 Å². The summed E-state index contributed by atoms with van der Waals surface area (Å²) in [5, 5.41) is 1.94. The number of halogens is 3. The number of carbonyl (C=O) groups is 2. The largest absolute Gasteiger partial charge is 0.467 e. The summed E-state index contributed by atoms with van der Waals surface area (Å²) in [6.45, 7) is -0.00680. The lowest BCUT2D eigenvalue weighted by Crippen LogP contribution is -2.44. The molecule has 1 atom stereocenters. The Hall–Kier alpha value is -4.09. The summed E-state index contributed by atoms with van der Waals surface area (Å²) in [5.41, 5.74) is 4.87. The molecule has 0 saturated carbocycles. The summed E-state index contributed by atoms with van der Waals surface area (Å²) in [6.07, 6.45) is -4.61. The van der Waals surface area contributed by atoms with Gasteiger partial charge < -0.3 is 10.5 Å². The third-order valence-electron chi connectivity index (χ3n) is 6.67. The Morgan fingerprint density at radius 2 is 1.82 bits per heavy atom. The van der Waals surface area contributed by atoms with Gasteiger partial charge in [-0.3, -0.25) is 18.9 Å². The molecule has 7 nitrogen and oxygen atoms in total. The molecule has 5 rings (SSSR count). The Morgan fingerprint density at radius 1 is 1.10 bits per heavy atom. The maximum Gasteiger partial charge on any atom is 0.416 e. The van der Waals surface area contributed by atoms with Crippen LogP contribution in [-0.2, 0) is 22.1 Å². The molecular formula is C28H22F3N3O4S. The number of rotatable bonds is 5. The van der Waals surface area contributed by atoms with Gasteiger partial charge in [0.15, 0.2) is 0 Å². The predicted molar refractivity (Wildman–Crippen MR) is 141 cm³/mol. The number of hydrogen-bond acceptors (Lipinski definition) is 6. The van der Waals surface area contributed by atoms with E-state index in [1.807, 2.05) is 42.5 Å². The number of alkyl halides is 3. The highest BCUT2D eigenvalue weighted by Gasteiger charge is 2.36. The average Bonchev–Trinajstić information content (AvgIpc) is 2.92. The van der Waals surface area contributed by atoms with E-state index in [9.17, 15) is 27.6 Å². The zero-order chi connectivity index (χ0) is 27.9. The molecule has 0 aliphatic carbocycles. The van der Waals surface area contributed by atoms with Gasteiger partial charge in [0.1, 0.15) is 16.6 Å². The minimum atomic E-state index is -4.63. The van der Waals surface area contributed by atoms with Crippen LogP contribution < -0.4 is 16.0 Å². The number of nitrogens with two attached hydrogens (primary N) is 1. The molecule has 3 aromatic carbocycles. The van der Waals surface area contributed by atoms with E-state index in [-0.39, 0.29) is 34.7 Å². The summed E-state index contributed by atoms with van der Waals surface area (Å²) < 4.78 is 50.1. The Morgan fingerprint density at radius 3 is 2.54 bits per heavy atom. The van der Waals surface area contributed by atoms with Crippen LogP contribution in [0.25, 0.3) is 21.9 Å². The van der Waals surface area contributed by atoms with Crippen LogP contribution in [0.3, 0.4) is 0 Å². The lowest BCUT2D eigenvalue weighted by molar-refractivity contribution is -0.144. The number of primary amides is 1. The molecular weight excluding hydrogens is 531 g/mol. The number of nitrogens with one attached hydrogen (secondary N) is 1. The molecule has 39 heavy (non-hydrogen) atoms. The first-order valence-electron chi connectivity index (χ1n) is 11.8. The summed E-state index contributed by atoms with van der Waals surface area (Å²) in [7, 11) is 1.16.